The summed E-state index contributed by atoms with van der Waals surface area (Å²) in [6.45, 7) is -0.413. The summed E-state index contributed by atoms with van der Waals surface area (Å²) < 4.78 is 5.61. The molecule has 2 aromatic carbocycles. The van der Waals surface area contributed by atoms with Crippen molar-refractivity contribution in [3.05, 3.63) is 57.0 Å². The zero-order valence-corrected chi connectivity index (χ0v) is 17.7. The van der Waals surface area contributed by atoms with Crippen LogP contribution in [0.15, 0.2) is 46.9 Å². The van der Waals surface area contributed by atoms with Crippen LogP contribution in [0.1, 0.15) is 19.3 Å². The van der Waals surface area contributed by atoms with Crippen LogP contribution in [0.25, 0.3) is 0 Å². The molecule has 2 aromatic rings. The van der Waals surface area contributed by atoms with Gasteiger partial charge < -0.3 is 15.4 Å². The summed E-state index contributed by atoms with van der Waals surface area (Å²) in [6.07, 6.45) is 0.495. The first-order valence-corrected chi connectivity index (χ1v) is 9.84. The second kappa shape index (κ2) is 11.0. The Bertz CT molecular complexity index is 860. The zero-order valence-electron chi connectivity index (χ0n) is 14.6. The van der Waals surface area contributed by atoms with Gasteiger partial charge in [-0.2, -0.15) is 0 Å². The van der Waals surface area contributed by atoms with Crippen LogP contribution in [0.4, 0.5) is 11.4 Å². The summed E-state index contributed by atoms with van der Waals surface area (Å²) in [7, 11) is 0. The second-order valence-corrected chi connectivity index (χ2v) is 7.44. The van der Waals surface area contributed by atoms with Crippen molar-refractivity contribution in [3.63, 3.8) is 0 Å². The fourth-order valence-electron chi connectivity index (χ4n) is 2.14. The van der Waals surface area contributed by atoms with Gasteiger partial charge in [-0.15, -0.1) is 0 Å². The standard InChI is InChI=1S/C19H17BrCl2N2O4/c20-15-9-8-14(10-16(15)22)24-18(26)11-28-19(27)3-1-2-17(25)23-13-6-4-12(21)5-7-13/h4-10H,1-3,11H2,(H,23,25)(H,24,26). The minimum atomic E-state index is -0.553. The third kappa shape index (κ3) is 7.88. The van der Waals surface area contributed by atoms with Gasteiger partial charge in [0.2, 0.25) is 5.91 Å². The molecule has 0 aliphatic heterocycles. The maximum absolute atomic E-state index is 11.8. The normalized spacial score (nSPS) is 10.2. The predicted molar refractivity (Wildman–Crippen MR) is 113 cm³/mol. The zero-order chi connectivity index (χ0) is 20.5. The number of anilines is 2. The van der Waals surface area contributed by atoms with Crippen LogP contribution in [0.3, 0.4) is 0 Å². The molecule has 0 aliphatic carbocycles. The Kier molecular flexibility index (Phi) is 8.76. The molecule has 2 N–H and O–H groups in total. The van der Waals surface area contributed by atoms with Gasteiger partial charge in [-0.05, 0) is 64.8 Å². The maximum Gasteiger partial charge on any atom is 0.306 e. The number of ether oxygens (including phenoxy) is 1. The Hall–Kier alpha value is -2.09. The molecular formula is C19H17BrCl2N2O4. The van der Waals surface area contributed by atoms with Gasteiger partial charge in [-0.25, -0.2) is 0 Å². The van der Waals surface area contributed by atoms with Gasteiger partial charge in [0.15, 0.2) is 6.61 Å². The minimum absolute atomic E-state index is 0.0332. The monoisotopic (exact) mass is 486 g/mol. The van der Waals surface area contributed by atoms with Gasteiger partial charge >= 0.3 is 5.97 Å². The third-order valence-electron chi connectivity index (χ3n) is 3.48. The van der Waals surface area contributed by atoms with E-state index >= 15 is 0 Å². The van der Waals surface area contributed by atoms with Crippen molar-refractivity contribution in [3.8, 4) is 0 Å². The number of amides is 2. The van der Waals surface area contributed by atoms with Gasteiger partial charge in [-0.3, -0.25) is 14.4 Å². The molecule has 2 amide bonds. The van der Waals surface area contributed by atoms with Gasteiger partial charge in [0.1, 0.15) is 0 Å². The van der Waals surface area contributed by atoms with Crippen molar-refractivity contribution < 1.29 is 19.1 Å². The van der Waals surface area contributed by atoms with E-state index in [-0.39, 0.29) is 18.7 Å². The van der Waals surface area contributed by atoms with E-state index in [2.05, 4.69) is 26.6 Å². The van der Waals surface area contributed by atoms with Gasteiger partial charge in [-0.1, -0.05) is 23.2 Å². The number of hydrogen-bond donors (Lipinski definition) is 2. The molecule has 0 radical (unpaired) electrons. The number of carbonyl (C=O) groups excluding carboxylic acids is 3. The van der Waals surface area contributed by atoms with Crippen molar-refractivity contribution in [1.82, 2.24) is 0 Å². The lowest BCUT2D eigenvalue weighted by Gasteiger charge is -2.08. The molecule has 9 heteroatoms. The van der Waals surface area contributed by atoms with Crippen LogP contribution >= 0.6 is 39.1 Å². The lowest BCUT2D eigenvalue weighted by Crippen LogP contribution is -2.21. The summed E-state index contributed by atoms with van der Waals surface area (Å²) in [5.41, 5.74) is 1.12. The second-order valence-electron chi connectivity index (χ2n) is 5.75. The van der Waals surface area contributed by atoms with E-state index in [1.807, 2.05) is 0 Å². The Morgan fingerprint density at radius 1 is 0.893 bits per heavy atom. The highest BCUT2D eigenvalue weighted by molar-refractivity contribution is 9.10. The highest BCUT2D eigenvalue weighted by Gasteiger charge is 2.10. The lowest BCUT2D eigenvalue weighted by atomic mass is 10.2. The number of carbonyl (C=O) groups is 3. The highest BCUT2D eigenvalue weighted by Crippen LogP contribution is 2.25. The minimum Gasteiger partial charge on any atom is -0.456 e. The summed E-state index contributed by atoms with van der Waals surface area (Å²) in [5.74, 6) is -1.25. The SMILES string of the molecule is O=C(CCCC(=O)OCC(=O)Nc1ccc(Br)c(Cl)c1)Nc1ccc(Cl)cc1. The molecular weight excluding hydrogens is 471 g/mol. The quantitative estimate of drug-likeness (QED) is 0.510. The van der Waals surface area contributed by atoms with Crippen LogP contribution in [0.5, 0.6) is 0 Å². The molecule has 6 nitrogen and oxygen atoms in total. The van der Waals surface area contributed by atoms with Crippen LogP contribution in [0, 0.1) is 0 Å². The first kappa shape index (κ1) is 22.2. The molecule has 148 valence electrons. The summed E-state index contributed by atoms with van der Waals surface area (Å²) in [4.78, 5) is 35.3. The molecule has 0 spiro atoms. The van der Waals surface area contributed by atoms with Gasteiger partial charge in [0.25, 0.3) is 5.91 Å². The van der Waals surface area contributed by atoms with E-state index in [1.54, 1.807) is 42.5 Å². The number of esters is 1. The molecule has 0 saturated carbocycles. The summed E-state index contributed by atoms with van der Waals surface area (Å²) in [5, 5.41) is 6.30. The molecule has 2 rings (SSSR count). The van der Waals surface area contributed by atoms with E-state index in [1.165, 1.54) is 0 Å². The van der Waals surface area contributed by atoms with E-state index in [0.717, 1.165) is 0 Å². The number of nitrogens with one attached hydrogen (secondary N) is 2. The van der Waals surface area contributed by atoms with Crippen molar-refractivity contribution in [2.24, 2.45) is 0 Å². The first-order valence-electron chi connectivity index (χ1n) is 8.29. The summed E-state index contributed by atoms with van der Waals surface area (Å²) in [6, 6.07) is 11.6. The lowest BCUT2D eigenvalue weighted by molar-refractivity contribution is -0.147. The molecule has 0 aromatic heterocycles. The molecule has 0 fully saturated rings. The van der Waals surface area contributed by atoms with Crippen LogP contribution in [-0.2, 0) is 19.1 Å². The Morgan fingerprint density at radius 3 is 2.21 bits per heavy atom. The fourth-order valence-corrected chi connectivity index (χ4v) is 2.69. The van der Waals surface area contributed by atoms with E-state index in [0.29, 0.717) is 32.3 Å². The third-order valence-corrected chi connectivity index (χ3v) is 4.96. The first-order chi connectivity index (χ1) is 13.3. The molecule has 0 aliphatic rings. The Labute approximate surface area is 180 Å². The van der Waals surface area contributed by atoms with E-state index in [4.69, 9.17) is 27.9 Å². The number of benzene rings is 2. The topological polar surface area (TPSA) is 84.5 Å². The predicted octanol–water partition coefficient (Wildman–Crippen LogP) is 5.05. The Morgan fingerprint density at radius 2 is 1.54 bits per heavy atom. The van der Waals surface area contributed by atoms with Crippen LogP contribution in [0.2, 0.25) is 10.0 Å². The average Bonchev–Trinajstić information content (AvgIpc) is 2.65. The van der Waals surface area contributed by atoms with Gasteiger partial charge in [0.05, 0.1) is 5.02 Å². The van der Waals surface area contributed by atoms with Crippen molar-refractivity contribution in [1.29, 1.82) is 0 Å². The smallest absolute Gasteiger partial charge is 0.306 e. The van der Waals surface area contributed by atoms with Crippen molar-refractivity contribution in [2.75, 3.05) is 17.2 Å². The molecule has 0 bridgehead atoms. The number of rotatable bonds is 8. The number of halogens is 3. The van der Waals surface area contributed by atoms with Crippen molar-refractivity contribution in [2.45, 2.75) is 19.3 Å². The molecule has 0 atom stereocenters. The Balaban J connectivity index is 1.63. The van der Waals surface area contributed by atoms with E-state index < -0.39 is 18.5 Å². The molecule has 0 saturated heterocycles. The van der Waals surface area contributed by atoms with Crippen LogP contribution < -0.4 is 10.6 Å². The molecule has 0 heterocycles. The van der Waals surface area contributed by atoms with E-state index in [9.17, 15) is 14.4 Å². The average molecular weight is 488 g/mol. The molecule has 28 heavy (non-hydrogen) atoms. The summed E-state index contributed by atoms with van der Waals surface area (Å²) >= 11 is 15.0. The van der Waals surface area contributed by atoms with Crippen molar-refractivity contribution >= 4 is 68.3 Å². The van der Waals surface area contributed by atoms with Gasteiger partial charge in [0, 0.05) is 33.7 Å². The largest absolute Gasteiger partial charge is 0.456 e. The number of hydrogen-bond acceptors (Lipinski definition) is 4. The maximum atomic E-state index is 11.8. The highest BCUT2D eigenvalue weighted by atomic mass is 79.9. The fraction of sp³-hybridized carbons (Fsp3) is 0.211. The van der Waals surface area contributed by atoms with Crippen LogP contribution in [-0.4, -0.2) is 24.4 Å². The molecule has 0 unspecified atom stereocenters.